The summed E-state index contributed by atoms with van der Waals surface area (Å²) in [6, 6.07) is 27.4. The Kier molecular flexibility index (Phi) is 6.44. The summed E-state index contributed by atoms with van der Waals surface area (Å²) < 4.78 is 7.24. The van der Waals surface area contributed by atoms with Crippen molar-refractivity contribution >= 4 is 50.1 Å². The highest BCUT2D eigenvalue weighted by Crippen LogP contribution is 2.35. The molecule has 194 valence electrons. The number of aromatic amines is 2. The number of pyridine rings is 1. The number of piperidine rings is 1. The Labute approximate surface area is 240 Å². The van der Waals surface area contributed by atoms with Crippen LogP contribution in [0.5, 0.6) is 5.75 Å². The minimum atomic E-state index is 0.526. The number of hydrogen-bond donors (Lipinski definition) is 2. The van der Waals surface area contributed by atoms with Gasteiger partial charge in [0.15, 0.2) is 0 Å². The molecule has 7 rings (SSSR count). The van der Waals surface area contributed by atoms with Crippen LogP contribution < -0.4 is 9.64 Å². The fraction of sp³-hybridized carbons (Fsp3) is 0.188. The number of benzene rings is 3. The number of halogens is 1. The number of nitrogens with zero attached hydrogens (tertiary/aromatic N) is 3. The van der Waals surface area contributed by atoms with Gasteiger partial charge < -0.3 is 14.6 Å². The van der Waals surface area contributed by atoms with Crippen LogP contribution in [0.3, 0.4) is 0 Å². The maximum Gasteiger partial charge on any atom is 0.121 e. The number of H-pyrrole nitrogens is 2. The number of anilines is 1. The zero-order chi connectivity index (χ0) is 26.2. The van der Waals surface area contributed by atoms with Crippen molar-refractivity contribution < 1.29 is 4.74 Å². The molecule has 1 fully saturated rings. The zero-order valence-corrected chi connectivity index (χ0v) is 23.6. The van der Waals surface area contributed by atoms with Crippen molar-refractivity contribution in [2.75, 3.05) is 18.0 Å². The summed E-state index contributed by atoms with van der Waals surface area (Å²) in [5.74, 6) is 0.830. The van der Waals surface area contributed by atoms with Crippen LogP contribution in [0.15, 0.2) is 85.1 Å². The third-order valence-corrected chi connectivity index (χ3v) is 8.08. The van der Waals surface area contributed by atoms with Crippen molar-refractivity contribution in [2.24, 2.45) is 0 Å². The van der Waals surface area contributed by atoms with Crippen LogP contribution in [-0.2, 0) is 6.61 Å². The molecule has 3 aromatic heterocycles. The first kappa shape index (κ1) is 24.2. The molecule has 1 saturated heterocycles. The number of fused-ring (bicyclic) bond motifs is 2. The van der Waals surface area contributed by atoms with Gasteiger partial charge in [-0.15, -0.1) is 0 Å². The summed E-state index contributed by atoms with van der Waals surface area (Å²) in [6.07, 6.45) is 5.70. The Hall–Kier alpha value is -3.85. The van der Waals surface area contributed by atoms with Crippen molar-refractivity contribution in [1.29, 1.82) is 0 Å². The third kappa shape index (κ3) is 4.87. The van der Waals surface area contributed by atoms with E-state index < -0.39 is 0 Å². The quantitative estimate of drug-likeness (QED) is 0.185. The molecule has 0 spiro atoms. The standard InChI is InChI=1S/C32H28IN5O/c33-23-14-22(15-24(16-23)39-20-21-8-3-1-4-9-21)28-18-26-30(19-34-28)36-37-32(26)29-17-25-27(35-29)10-7-11-31(25)38-12-5-2-6-13-38/h1,3-4,7-11,14-19,35H,2,5-6,12-13,20H2,(H,36,37). The lowest BCUT2D eigenvalue weighted by Gasteiger charge is -2.29. The molecule has 39 heavy (non-hydrogen) atoms. The lowest BCUT2D eigenvalue weighted by molar-refractivity contribution is 0.306. The van der Waals surface area contributed by atoms with E-state index >= 15 is 0 Å². The van der Waals surface area contributed by atoms with Gasteiger partial charge in [0, 0.05) is 44.2 Å². The summed E-state index contributed by atoms with van der Waals surface area (Å²) in [7, 11) is 0. The molecule has 0 aliphatic carbocycles. The van der Waals surface area contributed by atoms with Crippen LogP contribution in [0.25, 0.3) is 44.5 Å². The average Bonchev–Trinajstić information content (AvgIpc) is 3.60. The van der Waals surface area contributed by atoms with E-state index in [9.17, 15) is 0 Å². The first-order valence-corrected chi connectivity index (χ1v) is 14.5. The van der Waals surface area contributed by atoms with Crippen molar-refractivity contribution in [3.8, 4) is 28.4 Å². The minimum absolute atomic E-state index is 0.526. The second kappa shape index (κ2) is 10.4. The number of nitrogens with one attached hydrogen (secondary N) is 2. The van der Waals surface area contributed by atoms with E-state index in [4.69, 9.17) is 14.8 Å². The minimum Gasteiger partial charge on any atom is -0.489 e. The molecule has 7 heteroatoms. The molecular formula is C32H28IN5O. The predicted molar refractivity (Wildman–Crippen MR) is 166 cm³/mol. The van der Waals surface area contributed by atoms with Crippen molar-refractivity contribution in [3.05, 3.63) is 94.2 Å². The van der Waals surface area contributed by atoms with Gasteiger partial charge in [0.2, 0.25) is 0 Å². The zero-order valence-electron chi connectivity index (χ0n) is 21.5. The second-order valence-electron chi connectivity index (χ2n) is 10.1. The summed E-state index contributed by atoms with van der Waals surface area (Å²) >= 11 is 2.34. The third-order valence-electron chi connectivity index (χ3n) is 7.46. The average molecular weight is 626 g/mol. The molecule has 2 N–H and O–H groups in total. The van der Waals surface area contributed by atoms with Gasteiger partial charge in [-0.2, -0.15) is 5.10 Å². The van der Waals surface area contributed by atoms with E-state index in [1.807, 2.05) is 24.4 Å². The number of aromatic nitrogens is 4. The largest absolute Gasteiger partial charge is 0.489 e. The van der Waals surface area contributed by atoms with Crippen LogP contribution in [0, 0.1) is 3.57 Å². The van der Waals surface area contributed by atoms with E-state index in [1.54, 1.807) is 0 Å². The predicted octanol–water partition coefficient (Wildman–Crippen LogP) is 7.95. The fourth-order valence-corrected chi connectivity index (χ4v) is 6.13. The first-order valence-electron chi connectivity index (χ1n) is 13.4. The lowest BCUT2D eigenvalue weighted by Crippen LogP contribution is -2.29. The monoisotopic (exact) mass is 625 g/mol. The summed E-state index contributed by atoms with van der Waals surface area (Å²) in [5, 5.41) is 10.2. The van der Waals surface area contributed by atoms with Gasteiger partial charge in [0.05, 0.1) is 23.1 Å². The normalized spacial score (nSPS) is 13.8. The van der Waals surface area contributed by atoms with Crippen LogP contribution >= 0.6 is 22.6 Å². The molecule has 0 unspecified atom stereocenters. The molecule has 4 heterocycles. The van der Waals surface area contributed by atoms with Gasteiger partial charge in [-0.05, 0) is 89.9 Å². The molecule has 6 aromatic rings. The molecule has 6 nitrogen and oxygen atoms in total. The number of ether oxygens (including phenoxy) is 1. The molecule has 0 bridgehead atoms. The van der Waals surface area contributed by atoms with Crippen LogP contribution in [0.2, 0.25) is 0 Å². The lowest BCUT2D eigenvalue weighted by atomic mass is 10.1. The summed E-state index contributed by atoms with van der Waals surface area (Å²) in [4.78, 5) is 10.9. The number of hydrogen-bond acceptors (Lipinski definition) is 4. The smallest absolute Gasteiger partial charge is 0.121 e. The molecule has 0 saturated carbocycles. The van der Waals surface area contributed by atoms with E-state index in [1.165, 1.54) is 30.3 Å². The Morgan fingerprint density at radius 2 is 1.72 bits per heavy atom. The molecule has 0 amide bonds. The Balaban J connectivity index is 1.23. The number of rotatable bonds is 6. The highest BCUT2D eigenvalue weighted by atomic mass is 127. The second-order valence-corrected chi connectivity index (χ2v) is 11.4. The molecule has 0 atom stereocenters. The van der Waals surface area contributed by atoms with Gasteiger partial charge in [0.25, 0.3) is 0 Å². The van der Waals surface area contributed by atoms with E-state index in [0.29, 0.717) is 6.61 Å². The molecule has 1 aliphatic rings. The van der Waals surface area contributed by atoms with E-state index in [-0.39, 0.29) is 0 Å². The van der Waals surface area contributed by atoms with Gasteiger partial charge in [-0.1, -0.05) is 36.4 Å². The Bertz CT molecular complexity index is 1770. The molecular weight excluding hydrogens is 597 g/mol. The maximum absolute atomic E-state index is 6.14. The Morgan fingerprint density at radius 1 is 0.846 bits per heavy atom. The molecule has 3 aromatic carbocycles. The maximum atomic E-state index is 6.14. The topological polar surface area (TPSA) is 69.8 Å². The van der Waals surface area contributed by atoms with Crippen LogP contribution in [0.1, 0.15) is 24.8 Å². The van der Waals surface area contributed by atoms with Crippen LogP contribution in [0.4, 0.5) is 5.69 Å². The van der Waals surface area contributed by atoms with Gasteiger partial charge in [-0.3, -0.25) is 10.1 Å². The van der Waals surface area contributed by atoms with E-state index in [2.05, 4.69) is 98.2 Å². The molecule has 0 radical (unpaired) electrons. The van der Waals surface area contributed by atoms with Gasteiger partial charge in [0.1, 0.15) is 18.1 Å². The fourth-order valence-electron chi connectivity index (χ4n) is 5.49. The summed E-state index contributed by atoms with van der Waals surface area (Å²) in [5.41, 5.74) is 8.31. The Morgan fingerprint density at radius 3 is 2.59 bits per heavy atom. The SMILES string of the molecule is Ic1cc(OCc2ccccc2)cc(-c2cc3c(-c4cc5c(N6CCCCC6)cccc5[nH]4)n[nH]c3cn2)c1. The highest BCUT2D eigenvalue weighted by Gasteiger charge is 2.18. The first-order chi connectivity index (χ1) is 19.2. The van der Waals surface area contributed by atoms with Gasteiger partial charge >= 0.3 is 0 Å². The van der Waals surface area contributed by atoms with E-state index in [0.717, 1.165) is 67.0 Å². The molecule has 1 aliphatic heterocycles. The van der Waals surface area contributed by atoms with Crippen molar-refractivity contribution in [2.45, 2.75) is 25.9 Å². The summed E-state index contributed by atoms with van der Waals surface area (Å²) in [6.45, 7) is 2.76. The van der Waals surface area contributed by atoms with Crippen molar-refractivity contribution in [3.63, 3.8) is 0 Å². The van der Waals surface area contributed by atoms with Gasteiger partial charge in [-0.25, -0.2) is 0 Å². The van der Waals surface area contributed by atoms with Crippen LogP contribution in [-0.4, -0.2) is 33.3 Å². The highest BCUT2D eigenvalue weighted by molar-refractivity contribution is 14.1. The van der Waals surface area contributed by atoms with Crippen molar-refractivity contribution in [1.82, 2.24) is 20.2 Å².